The maximum atomic E-state index is 12.8. The Morgan fingerprint density at radius 1 is 0.879 bits per heavy atom. The molecule has 0 saturated carbocycles. The minimum atomic E-state index is -0.474. The third-order valence-corrected chi connectivity index (χ3v) is 5.75. The van der Waals surface area contributed by atoms with Gasteiger partial charge in [0.25, 0.3) is 5.69 Å². The van der Waals surface area contributed by atoms with Gasteiger partial charge < -0.3 is 10.1 Å². The number of ether oxygens (including phenoxy) is 1. The van der Waals surface area contributed by atoms with Crippen molar-refractivity contribution in [1.29, 1.82) is 0 Å². The average Bonchev–Trinajstić information content (AvgIpc) is 2.82. The van der Waals surface area contributed by atoms with Crippen LogP contribution < -0.4 is 10.1 Å². The van der Waals surface area contributed by atoms with Gasteiger partial charge in [-0.2, -0.15) is 0 Å². The van der Waals surface area contributed by atoms with Gasteiger partial charge in [-0.25, -0.2) is 4.79 Å². The van der Waals surface area contributed by atoms with E-state index in [0.29, 0.717) is 12.2 Å². The number of unbranched alkanes of at least 4 members (excludes halogenated alkanes) is 9. The van der Waals surface area contributed by atoms with Gasteiger partial charge in [-0.15, -0.1) is 0 Å². The van der Waals surface area contributed by atoms with Gasteiger partial charge in [-0.3, -0.25) is 10.1 Å². The molecule has 6 nitrogen and oxygen atoms in total. The second kappa shape index (κ2) is 16.0. The summed E-state index contributed by atoms with van der Waals surface area (Å²) < 4.78 is 5.51. The molecule has 0 aliphatic rings. The van der Waals surface area contributed by atoms with Crippen molar-refractivity contribution in [3.8, 4) is 5.75 Å². The zero-order chi connectivity index (χ0) is 23.7. The van der Waals surface area contributed by atoms with Gasteiger partial charge in [0.15, 0.2) is 0 Å². The van der Waals surface area contributed by atoms with E-state index in [-0.39, 0.29) is 11.7 Å². The lowest BCUT2D eigenvalue weighted by molar-refractivity contribution is -0.384. The van der Waals surface area contributed by atoms with E-state index in [0.717, 1.165) is 24.9 Å². The van der Waals surface area contributed by atoms with Crippen molar-refractivity contribution in [3.63, 3.8) is 0 Å². The van der Waals surface area contributed by atoms with Crippen LogP contribution in [0, 0.1) is 10.1 Å². The summed E-state index contributed by atoms with van der Waals surface area (Å²) in [6, 6.07) is 15.0. The normalized spacial score (nSPS) is 11.8. The van der Waals surface area contributed by atoms with Gasteiger partial charge in [0, 0.05) is 12.1 Å². The Morgan fingerprint density at radius 2 is 1.45 bits per heavy atom. The number of hydrogen-bond acceptors (Lipinski definition) is 5. The first kappa shape index (κ1) is 26.5. The standard InChI is InChI=1S/C27H38N2O4/c1-2-3-4-5-6-7-8-9-10-14-21-28-26(22-23-15-12-11-13-16-23)27(30)33-25-19-17-24(18-20-25)29(31)32/h11-13,15-20,26,28H,2-10,14,21-22H2,1H3/t26-/m0/s1. The number of carbonyl (C=O) groups excluding carboxylic acids is 1. The molecule has 1 atom stereocenters. The molecule has 0 saturated heterocycles. The highest BCUT2D eigenvalue weighted by atomic mass is 16.6. The molecule has 0 radical (unpaired) electrons. The number of esters is 1. The molecule has 2 rings (SSSR count). The Labute approximate surface area is 197 Å². The number of nitro groups is 1. The first-order valence-electron chi connectivity index (χ1n) is 12.3. The molecule has 0 aromatic heterocycles. The van der Waals surface area contributed by atoms with E-state index in [1.165, 1.54) is 75.6 Å². The summed E-state index contributed by atoms with van der Waals surface area (Å²) in [7, 11) is 0. The number of carbonyl (C=O) groups is 1. The quantitative estimate of drug-likeness (QED) is 0.0954. The number of rotatable bonds is 17. The number of nitro benzene ring substituents is 1. The largest absolute Gasteiger partial charge is 0.425 e. The van der Waals surface area contributed by atoms with Crippen LogP contribution in [-0.2, 0) is 11.2 Å². The lowest BCUT2D eigenvalue weighted by Gasteiger charge is -2.18. The fraction of sp³-hybridized carbons (Fsp3) is 0.519. The molecule has 6 heteroatoms. The van der Waals surface area contributed by atoms with Crippen LogP contribution in [0.2, 0.25) is 0 Å². The minimum absolute atomic E-state index is 0.0327. The number of benzene rings is 2. The Kier molecular flexibility index (Phi) is 12.8. The minimum Gasteiger partial charge on any atom is -0.425 e. The molecule has 1 N–H and O–H groups in total. The van der Waals surface area contributed by atoms with E-state index in [2.05, 4.69) is 12.2 Å². The van der Waals surface area contributed by atoms with Crippen molar-refractivity contribution in [1.82, 2.24) is 5.32 Å². The second-order valence-corrected chi connectivity index (χ2v) is 8.55. The van der Waals surface area contributed by atoms with Gasteiger partial charge in [0.1, 0.15) is 11.8 Å². The van der Waals surface area contributed by atoms with Crippen LogP contribution >= 0.6 is 0 Å². The summed E-state index contributed by atoms with van der Waals surface area (Å²) in [6.45, 7) is 3.00. The van der Waals surface area contributed by atoms with Gasteiger partial charge in [-0.1, -0.05) is 95.0 Å². The van der Waals surface area contributed by atoms with Crippen molar-refractivity contribution in [2.45, 2.75) is 83.6 Å². The topological polar surface area (TPSA) is 81.5 Å². The Hall–Kier alpha value is -2.73. The summed E-state index contributed by atoms with van der Waals surface area (Å²) >= 11 is 0. The molecule has 0 amide bonds. The van der Waals surface area contributed by atoms with Crippen molar-refractivity contribution < 1.29 is 14.5 Å². The van der Waals surface area contributed by atoms with E-state index in [4.69, 9.17) is 4.74 Å². The Bertz CT molecular complexity index is 809. The molecule has 0 unspecified atom stereocenters. The molecule has 0 fully saturated rings. The zero-order valence-corrected chi connectivity index (χ0v) is 19.8. The SMILES string of the molecule is CCCCCCCCCCCCN[C@@H](Cc1ccccc1)C(=O)Oc1ccc([N+](=O)[O-])cc1. The van der Waals surface area contributed by atoms with Crippen LogP contribution in [0.3, 0.4) is 0 Å². The predicted octanol–water partition coefficient (Wildman–Crippen LogP) is 6.62. The summed E-state index contributed by atoms with van der Waals surface area (Å²) in [6.07, 6.45) is 13.2. The monoisotopic (exact) mass is 454 g/mol. The predicted molar refractivity (Wildman–Crippen MR) is 133 cm³/mol. The van der Waals surface area contributed by atoms with E-state index >= 15 is 0 Å². The lowest BCUT2D eigenvalue weighted by Crippen LogP contribution is -2.41. The van der Waals surface area contributed by atoms with Gasteiger partial charge >= 0.3 is 5.97 Å². The molecular weight excluding hydrogens is 416 g/mol. The van der Waals surface area contributed by atoms with Crippen molar-refractivity contribution in [2.24, 2.45) is 0 Å². The average molecular weight is 455 g/mol. The highest BCUT2D eigenvalue weighted by molar-refractivity contribution is 5.78. The molecule has 0 aliphatic heterocycles. The molecule has 180 valence electrons. The third kappa shape index (κ3) is 11.1. The molecule has 0 aliphatic carbocycles. The molecule has 0 heterocycles. The Balaban J connectivity index is 1.77. The van der Waals surface area contributed by atoms with Crippen molar-refractivity contribution in [3.05, 3.63) is 70.3 Å². The van der Waals surface area contributed by atoms with Crippen LogP contribution in [0.1, 0.15) is 76.7 Å². The van der Waals surface area contributed by atoms with Crippen LogP contribution in [0.5, 0.6) is 5.75 Å². The fourth-order valence-corrected chi connectivity index (χ4v) is 3.80. The van der Waals surface area contributed by atoms with Gasteiger partial charge in [0.05, 0.1) is 4.92 Å². The number of non-ortho nitro benzene ring substituents is 1. The molecule has 2 aromatic rings. The van der Waals surface area contributed by atoms with Crippen molar-refractivity contribution in [2.75, 3.05) is 6.54 Å². The first-order valence-corrected chi connectivity index (χ1v) is 12.3. The van der Waals surface area contributed by atoms with E-state index < -0.39 is 11.0 Å². The van der Waals surface area contributed by atoms with Gasteiger partial charge in [-0.05, 0) is 37.1 Å². The number of nitrogens with zero attached hydrogens (tertiary/aromatic N) is 1. The van der Waals surface area contributed by atoms with E-state index in [9.17, 15) is 14.9 Å². The maximum Gasteiger partial charge on any atom is 0.328 e. The summed E-state index contributed by atoms with van der Waals surface area (Å²) in [5, 5.41) is 14.2. The molecule has 2 aromatic carbocycles. The summed E-state index contributed by atoms with van der Waals surface area (Å²) in [5.74, 6) is -0.0656. The van der Waals surface area contributed by atoms with Crippen LogP contribution in [0.4, 0.5) is 5.69 Å². The second-order valence-electron chi connectivity index (χ2n) is 8.55. The number of hydrogen-bond donors (Lipinski definition) is 1. The summed E-state index contributed by atoms with van der Waals surface area (Å²) in [4.78, 5) is 23.2. The molecule has 33 heavy (non-hydrogen) atoms. The Morgan fingerprint density at radius 3 is 2.03 bits per heavy atom. The van der Waals surface area contributed by atoms with Crippen LogP contribution in [0.15, 0.2) is 54.6 Å². The maximum absolute atomic E-state index is 12.8. The number of nitrogens with one attached hydrogen (secondary N) is 1. The smallest absolute Gasteiger partial charge is 0.328 e. The fourth-order valence-electron chi connectivity index (χ4n) is 3.80. The third-order valence-electron chi connectivity index (χ3n) is 5.75. The van der Waals surface area contributed by atoms with E-state index in [1.54, 1.807) is 0 Å². The zero-order valence-electron chi connectivity index (χ0n) is 19.8. The molecule has 0 bridgehead atoms. The first-order chi connectivity index (χ1) is 16.1. The van der Waals surface area contributed by atoms with Crippen molar-refractivity contribution >= 4 is 11.7 Å². The highest BCUT2D eigenvalue weighted by Crippen LogP contribution is 2.18. The van der Waals surface area contributed by atoms with Gasteiger partial charge in [0.2, 0.25) is 0 Å². The highest BCUT2D eigenvalue weighted by Gasteiger charge is 2.21. The van der Waals surface area contributed by atoms with Crippen LogP contribution in [-0.4, -0.2) is 23.5 Å². The molecule has 0 spiro atoms. The lowest BCUT2D eigenvalue weighted by atomic mass is 10.0. The van der Waals surface area contributed by atoms with Crippen LogP contribution in [0.25, 0.3) is 0 Å². The van der Waals surface area contributed by atoms with E-state index in [1.807, 2.05) is 30.3 Å². The summed E-state index contributed by atoms with van der Waals surface area (Å²) in [5.41, 5.74) is 1.02. The molecular formula is C27H38N2O4.